The van der Waals surface area contributed by atoms with Crippen LogP contribution < -0.4 is 5.32 Å². The molecule has 2 rings (SSSR count). The topological polar surface area (TPSA) is 32.3 Å². The normalized spacial score (nSPS) is 18.5. The summed E-state index contributed by atoms with van der Waals surface area (Å²) >= 11 is 0. The minimum absolute atomic E-state index is 0.189. The Morgan fingerprint density at radius 2 is 2.07 bits per heavy atom. The van der Waals surface area contributed by atoms with Crippen molar-refractivity contribution in [2.75, 3.05) is 6.54 Å². The van der Waals surface area contributed by atoms with Crippen LogP contribution in [-0.2, 0) is 6.54 Å². The van der Waals surface area contributed by atoms with Crippen LogP contribution in [0.1, 0.15) is 24.8 Å². The Hall–Kier alpha value is -0.930. The number of rotatable bonds is 4. The van der Waals surface area contributed by atoms with Gasteiger partial charge in [0.25, 0.3) is 0 Å². The highest BCUT2D eigenvalue weighted by atomic mass is 19.1. The summed E-state index contributed by atoms with van der Waals surface area (Å²) in [5, 5.41) is 12.9. The maximum Gasteiger partial charge on any atom is 0.127 e. The second-order valence-electron chi connectivity index (χ2n) is 4.27. The first-order valence-corrected chi connectivity index (χ1v) is 5.36. The van der Waals surface area contributed by atoms with Crippen LogP contribution in [0.5, 0.6) is 0 Å². The van der Waals surface area contributed by atoms with Gasteiger partial charge in [0.2, 0.25) is 0 Å². The second kappa shape index (κ2) is 4.29. The fourth-order valence-electron chi connectivity index (χ4n) is 1.83. The summed E-state index contributed by atoms with van der Waals surface area (Å²) in [7, 11) is 0. The highest BCUT2D eigenvalue weighted by Gasteiger charge is 2.33. The summed E-state index contributed by atoms with van der Waals surface area (Å²) in [6.07, 6.45) is 2.81. The summed E-state index contributed by atoms with van der Waals surface area (Å²) in [6.45, 7) is 1.04. The van der Waals surface area contributed by atoms with Crippen LogP contribution in [0.3, 0.4) is 0 Å². The Labute approximate surface area is 89.1 Å². The molecular weight excluding hydrogens is 193 g/mol. The Bertz CT molecular complexity index is 336. The summed E-state index contributed by atoms with van der Waals surface area (Å²) in [6, 6.07) is 6.71. The number of aliphatic hydroxyl groups is 1. The van der Waals surface area contributed by atoms with E-state index in [1.165, 1.54) is 6.07 Å². The molecule has 15 heavy (non-hydrogen) atoms. The molecule has 82 valence electrons. The molecule has 1 aliphatic rings. The van der Waals surface area contributed by atoms with Crippen molar-refractivity contribution in [2.24, 2.45) is 0 Å². The standard InChI is InChI=1S/C12H16FNO/c13-11-5-2-1-4-10(11)8-14-9-12(15)6-3-7-12/h1-2,4-5,14-15H,3,6-9H2. The maximum atomic E-state index is 13.2. The zero-order valence-electron chi connectivity index (χ0n) is 8.67. The first-order valence-electron chi connectivity index (χ1n) is 5.36. The van der Waals surface area contributed by atoms with Crippen LogP contribution in [0.4, 0.5) is 4.39 Å². The minimum Gasteiger partial charge on any atom is -0.389 e. The molecule has 0 amide bonds. The van der Waals surface area contributed by atoms with E-state index in [2.05, 4.69) is 5.32 Å². The lowest BCUT2D eigenvalue weighted by Gasteiger charge is -2.36. The second-order valence-corrected chi connectivity index (χ2v) is 4.27. The van der Waals surface area contributed by atoms with Gasteiger partial charge in [-0.1, -0.05) is 18.2 Å². The van der Waals surface area contributed by atoms with E-state index in [1.807, 2.05) is 6.07 Å². The smallest absolute Gasteiger partial charge is 0.127 e. The van der Waals surface area contributed by atoms with Crippen molar-refractivity contribution in [3.05, 3.63) is 35.6 Å². The predicted octanol–water partition coefficient (Wildman–Crippen LogP) is 1.83. The molecule has 1 aromatic carbocycles. The first-order chi connectivity index (χ1) is 7.20. The average Bonchev–Trinajstić information content (AvgIpc) is 2.18. The molecule has 2 nitrogen and oxygen atoms in total. The summed E-state index contributed by atoms with van der Waals surface area (Å²) < 4.78 is 13.2. The highest BCUT2D eigenvalue weighted by Crippen LogP contribution is 2.30. The SMILES string of the molecule is OC1(CNCc2ccccc2F)CCC1. The van der Waals surface area contributed by atoms with E-state index >= 15 is 0 Å². The van der Waals surface area contributed by atoms with Gasteiger partial charge >= 0.3 is 0 Å². The largest absolute Gasteiger partial charge is 0.389 e. The number of hydrogen-bond donors (Lipinski definition) is 2. The third-order valence-corrected chi connectivity index (χ3v) is 3.01. The van der Waals surface area contributed by atoms with E-state index in [-0.39, 0.29) is 5.82 Å². The lowest BCUT2D eigenvalue weighted by molar-refractivity contribution is -0.0315. The lowest BCUT2D eigenvalue weighted by Crippen LogP contribution is -2.46. The molecule has 3 heteroatoms. The van der Waals surface area contributed by atoms with Gasteiger partial charge in [0.05, 0.1) is 5.60 Å². The van der Waals surface area contributed by atoms with Gasteiger partial charge in [-0.25, -0.2) is 4.39 Å². The average molecular weight is 209 g/mol. The number of nitrogens with one attached hydrogen (secondary N) is 1. The molecule has 0 unspecified atom stereocenters. The summed E-state index contributed by atoms with van der Waals surface area (Å²) in [5.41, 5.74) is 0.117. The van der Waals surface area contributed by atoms with E-state index in [4.69, 9.17) is 0 Å². The molecule has 1 fully saturated rings. The van der Waals surface area contributed by atoms with Crippen molar-refractivity contribution in [3.63, 3.8) is 0 Å². The third kappa shape index (κ3) is 2.55. The van der Waals surface area contributed by atoms with Crippen molar-refractivity contribution in [1.82, 2.24) is 5.32 Å². The van der Waals surface area contributed by atoms with Crippen molar-refractivity contribution in [3.8, 4) is 0 Å². The van der Waals surface area contributed by atoms with Gasteiger partial charge in [-0.15, -0.1) is 0 Å². The summed E-state index contributed by atoms with van der Waals surface area (Å²) in [5.74, 6) is -0.189. The van der Waals surface area contributed by atoms with Crippen LogP contribution in [-0.4, -0.2) is 17.3 Å². The van der Waals surface area contributed by atoms with Gasteiger partial charge in [-0.05, 0) is 25.3 Å². The molecule has 2 N–H and O–H groups in total. The maximum absolute atomic E-state index is 13.2. The monoisotopic (exact) mass is 209 g/mol. The van der Waals surface area contributed by atoms with Gasteiger partial charge in [-0.2, -0.15) is 0 Å². The van der Waals surface area contributed by atoms with Gasteiger partial charge < -0.3 is 10.4 Å². The van der Waals surface area contributed by atoms with Crippen molar-refractivity contribution in [1.29, 1.82) is 0 Å². The molecule has 1 saturated carbocycles. The van der Waals surface area contributed by atoms with E-state index in [1.54, 1.807) is 12.1 Å². The number of benzene rings is 1. The van der Waals surface area contributed by atoms with Gasteiger partial charge in [0, 0.05) is 18.7 Å². The predicted molar refractivity (Wildman–Crippen MR) is 56.9 cm³/mol. The fourth-order valence-corrected chi connectivity index (χ4v) is 1.83. The molecule has 1 aromatic rings. The van der Waals surface area contributed by atoms with Crippen LogP contribution in [0, 0.1) is 5.82 Å². The molecule has 0 aliphatic heterocycles. The van der Waals surface area contributed by atoms with Crippen LogP contribution in [0.2, 0.25) is 0 Å². The fraction of sp³-hybridized carbons (Fsp3) is 0.500. The van der Waals surface area contributed by atoms with E-state index in [0.29, 0.717) is 18.7 Å². The molecule has 0 saturated heterocycles. The molecule has 0 atom stereocenters. The third-order valence-electron chi connectivity index (χ3n) is 3.01. The molecule has 0 spiro atoms. The quantitative estimate of drug-likeness (QED) is 0.793. The molecule has 0 aromatic heterocycles. The van der Waals surface area contributed by atoms with E-state index in [9.17, 15) is 9.50 Å². The zero-order valence-corrected chi connectivity index (χ0v) is 8.67. The lowest BCUT2D eigenvalue weighted by atomic mass is 9.80. The molecule has 0 radical (unpaired) electrons. The zero-order chi connectivity index (χ0) is 10.7. The van der Waals surface area contributed by atoms with Crippen LogP contribution in [0.25, 0.3) is 0 Å². The number of halogens is 1. The number of hydrogen-bond acceptors (Lipinski definition) is 2. The Kier molecular flexibility index (Phi) is 3.03. The first kappa shape index (κ1) is 10.6. The van der Waals surface area contributed by atoms with Crippen LogP contribution in [0.15, 0.2) is 24.3 Å². The molecular formula is C12H16FNO. The Morgan fingerprint density at radius 3 is 2.67 bits per heavy atom. The van der Waals surface area contributed by atoms with Gasteiger partial charge in [-0.3, -0.25) is 0 Å². The Balaban J connectivity index is 1.81. The minimum atomic E-state index is -0.536. The van der Waals surface area contributed by atoms with E-state index in [0.717, 1.165) is 19.3 Å². The molecule has 0 heterocycles. The molecule has 0 bridgehead atoms. The van der Waals surface area contributed by atoms with Crippen molar-refractivity contribution < 1.29 is 9.50 Å². The highest BCUT2D eigenvalue weighted by molar-refractivity contribution is 5.17. The van der Waals surface area contributed by atoms with Crippen LogP contribution >= 0.6 is 0 Å². The van der Waals surface area contributed by atoms with Gasteiger partial charge in [0.15, 0.2) is 0 Å². The van der Waals surface area contributed by atoms with Gasteiger partial charge in [0.1, 0.15) is 5.82 Å². The van der Waals surface area contributed by atoms with Crippen molar-refractivity contribution in [2.45, 2.75) is 31.4 Å². The summed E-state index contributed by atoms with van der Waals surface area (Å²) in [4.78, 5) is 0. The van der Waals surface area contributed by atoms with E-state index < -0.39 is 5.60 Å². The molecule has 1 aliphatic carbocycles. The Morgan fingerprint density at radius 1 is 1.33 bits per heavy atom. The van der Waals surface area contributed by atoms with Crippen molar-refractivity contribution >= 4 is 0 Å².